The van der Waals surface area contributed by atoms with Gasteiger partial charge in [0.25, 0.3) is 10.0 Å². The van der Waals surface area contributed by atoms with Crippen LogP contribution in [0.15, 0.2) is 59.6 Å². The molecule has 1 N–H and O–H groups in total. The molecule has 0 amide bonds. The summed E-state index contributed by atoms with van der Waals surface area (Å²) in [5, 5.41) is 4.06. The molecule has 23 heavy (non-hydrogen) atoms. The van der Waals surface area contributed by atoms with Gasteiger partial charge in [-0.2, -0.15) is 0 Å². The Balaban J connectivity index is 1.84. The Morgan fingerprint density at radius 2 is 1.87 bits per heavy atom. The van der Waals surface area contributed by atoms with Crippen molar-refractivity contribution >= 4 is 20.9 Å². The van der Waals surface area contributed by atoms with Crippen LogP contribution in [0.5, 0.6) is 0 Å². The van der Waals surface area contributed by atoms with Crippen LogP contribution in [0.1, 0.15) is 11.5 Å². The van der Waals surface area contributed by atoms with Crippen LogP contribution in [0.3, 0.4) is 0 Å². The highest BCUT2D eigenvalue weighted by Crippen LogP contribution is 2.28. The molecule has 118 valence electrons. The van der Waals surface area contributed by atoms with E-state index in [0.29, 0.717) is 11.4 Å². The lowest BCUT2D eigenvalue weighted by Gasteiger charge is -2.27. The van der Waals surface area contributed by atoms with Crippen molar-refractivity contribution in [1.29, 1.82) is 0 Å². The monoisotopic (exact) mass is 330 g/mol. The predicted octanol–water partition coefficient (Wildman–Crippen LogP) is 2.70. The van der Waals surface area contributed by atoms with E-state index in [1.54, 1.807) is 12.1 Å². The molecule has 0 saturated carbocycles. The molecule has 1 saturated heterocycles. The van der Waals surface area contributed by atoms with Crippen LogP contribution in [0.4, 0.5) is 4.39 Å². The molecule has 0 spiro atoms. The van der Waals surface area contributed by atoms with Crippen molar-refractivity contribution in [2.45, 2.75) is 10.8 Å². The minimum absolute atomic E-state index is 0.315. The summed E-state index contributed by atoms with van der Waals surface area (Å²) in [6.07, 6.45) is 1.48. The Labute approximate surface area is 133 Å². The summed E-state index contributed by atoms with van der Waals surface area (Å²) in [4.78, 5) is -0.315. The van der Waals surface area contributed by atoms with E-state index in [1.807, 2.05) is 12.1 Å². The summed E-state index contributed by atoms with van der Waals surface area (Å²) < 4.78 is 40.5. The molecule has 3 aromatic rings. The highest BCUT2D eigenvalue weighted by Gasteiger charge is 2.23. The molecule has 6 heteroatoms. The van der Waals surface area contributed by atoms with Crippen LogP contribution in [0.2, 0.25) is 0 Å². The first kappa shape index (κ1) is 14.4. The van der Waals surface area contributed by atoms with Gasteiger partial charge in [-0.1, -0.05) is 18.2 Å². The van der Waals surface area contributed by atoms with Crippen molar-refractivity contribution in [3.8, 4) is 0 Å². The van der Waals surface area contributed by atoms with Gasteiger partial charge in [0.15, 0.2) is 0 Å². The van der Waals surface area contributed by atoms with E-state index >= 15 is 0 Å². The molecular weight excluding hydrogens is 315 g/mol. The van der Waals surface area contributed by atoms with E-state index in [0.717, 1.165) is 28.5 Å². The topological polar surface area (TPSA) is 51.1 Å². The minimum atomic E-state index is -3.95. The highest BCUT2D eigenvalue weighted by molar-refractivity contribution is 7.90. The number of benzene rings is 2. The van der Waals surface area contributed by atoms with Crippen molar-refractivity contribution in [3.05, 3.63) is 66.1 Å². The smallest absolute Gasteiger partial charge is 0.271 e. The SMILES string of the molecule is O=S(=O)(c1ccccc1F)n1ccc2cc(C3CNC3)ccc21. The third-order valence-corrected chi connectivity index (χ3v) is 6.03. The van der Waals surface area contributed by atoms with Crippen molar-refractivity contribution in [2.24, 2.45) is 0 Å². The number of nitrogens with one attached hydrogen (secondary N) is 1. The van der Waals surface area contributed by atoms with Gasteiger partial charge >= 0.3 is 0 Å². The molecular formula is C17H15FN2O2S. The third-order valence-electron chi connectivity index (χ3n) is 4.30. The highest BCUT2D eigenvalue weighted by atomic mass is 32.2. The summed E-state index contributed by atoms with van der Waals surface area (Å²) in [6.45, 7) is 1.89. The van der Waals surface area contributed by atoms with E-state index in [9.17, 15) is 12.8 Å². The maximum atomic E-state index is 13.9. The maximum absolute atomic E-state index is 13.9. The molecule has 0 radical (unpaired) electrons. The average Bonchev–Trinajstić information content (AvgIpc) is 2.89. The molecule has 1 aliphatic heterocycles. The Bertz CT molecular complexity index is 991. The van der Waals surface area contributed by atoms with Crippen molar-refractivity contribution < 1.29 is 12.8 Å². The first-order valence-corrected chi connectivity index (χ1v) is 8.83. The lowest BCUT2D eigenvalue weighted by Crippen LogP contribution is -2.39. The fraction of sp³-hybridized carbons (Fsp3) is 0.176. The fourth-order valence-corrected chi connectivity index (χ4v) is 4.31. The van der Waals surface area contributed by atoms with Crippen molar-refractivity contribution in [1.82, 2.24) is 9.29 Å². The van der Waals surface area contributed by atoms with Crippen LogP contribution in [0.25, 0.3) is 10.9 Å². The molecule has 0 unspecified atom stereocenters. The van der Waals surface area contributed by atoms with E-state index in [4.69, 9.17) is 0 Å². The van der Waals surface area contributed by atoms with Gasteiger partial charge < -0.3 is 5.32 Å². The Kier molecular flexibility index (Phi) is 3.25. The van der Waals surface area contributed by atoms with E-state index < -0.39 is 15.8 Å². The number of fused-ring (bicyclic) bond motifs is 1. The minimum Gasteiger partial charge on any atom is -0.315 e. The molecule has 1 aliphatic rings. The molecule has 0 aliphatic carbocycles. The van der Waals surface area contributed by atoms with E-state index in [1.165, 1.54) is 30.0 Å². The van der Waals surface area contributed by atoms with Crippen LogP contribution in [-0.4, -0.2) is 25.5 Å². The predicted molar refractivity (Wildman–Crippen MR) is 86.5 cm³/mol. The molecule has 2 heterocycles. The zero-order valence-electron chi connectivity index (χ0n) is 12.2. The molecule has 2 aromatic carbocycles. The van der Waals surface area contributed by atoms with Gasteiger partial charge in [0, 0.05) is 30.6 Å². The number of rotatable bonds is 3. The summed E-state index contributed by atoms with van der Waals surface area (Å²) in [6, 6.07) is 12.9. The largest absolute Gasteiger partial charge is 0.315 e. The first-order chi connectivity index (χ1) is 11.1. The standard InChI is InChI=1S/C17H15FN2O2S/c18-15-3-1-2-4-17(15)23(21,22)20-8-7-13-9-12(5-6-16(13)20)14-10-19-11-14/h1-9,14,19H,10-11H2. The second kappa shape index (κ2) is 5.18. The number of aromatic nitrogens is 1. The molecule has 4 rings (SSSR count). The fourth-order valence-electron chi connectivity index (χ4n) is 2.88. The van der Waals surface area contributed by atoms with Gasteiger partial charge in [-0.05, 0) is 35.9 Å². The van der Waals surface area contributed by atoms with Crippen LogP contribution < -0.4 is 5.32 Å². The summed E-state index contributed by atoms with van der Waals surface area (Å²) in [7, 11) is -3.95. The number of hydrogen-bond donors (Lipinski definition) is 1. The average molecular weight is 330 g/mol. The van der Waals surface area contributed by atoms with Gasteiger partial charge in [-0.15, -0.1) is 0 Å². The zero-order chi connectivity index (χ0) is 16.0. The molecule has 1 fully saturated rings. The summed E-state index contributed by atoms with van der Waals surface area (Å²) >= 11 is 0. The zero-order valence-corrected chi connectivity index (χ0v) is 13.1. The van der Waals surface area contributed by atoms with Crippen molar-refractivity contribution in [3.63, 3.8) is 0 Å². The normalized spacial score (nSPS) is 15.7. The molecule has 1 aromatic heterocycles. The Hall–Kier alpha value is -2.18. The van der Waals surface area contributed by atoms with Gasteiger partial charge in [0.2, 0.25) is 0 Å². The van der Waals surface area contributed by atoms with E-state index in [2.05, 4.69) is 5.32 Å². The van der Waals surface area contributed by atoms with Crippen LogP contribution in [-0.2, 0) is 10.0 Å². The lowest BCUT2D eigenvalue weighted by molar-refractivity contribution is 0.449. The van der Waals surface area contributed by atoms with Crippen molar-refractivity contribution in [2.75, 3.05) is 13.1 Å². The third kappa shape index (κ3) is 2.26. The number of hydrogen-bond acceptors (Lipinski definition) is 3. The second-order valence-electron chi connectivity index (χ2n) is 5.72. The molecule has 4 nitrogen and oxygen atoms in total. The lowest BCUT2D eigenvalue weighted by atomic mass is 9.93. The number of nitrogens with zero attached hydrogens (tertiary/aromatic N) is 1. The van der Waals surface area contributed by atoms with E-state index in [-0.39, 0.29) is 4.90 Å². The number of halogens is 1. The first-order valence-electron chi connectivity index (χ1n) is 7.39. The maximum Gasteiger partial charge on any atom is 0.271 e. The molecule has 0 atom stereocenters. The van der Waals surface area contributed by atoms with Gasteiger partial charge in [-0.3, -0.25) is 0 Å². The van der Waals surface area contributed by atoms with Crippen LogP contribution >= 0.6 is 0 Å². The second-order valence-corrected chi connectivity index (χ2v) is 7.50. The van der Waals surface area contributed by atoms with Gasteiger partial charge in [0.1, 0.15) is 10.7 Å². The molecule has 0 bridgehead atoms. The van der Waals surface area contributed by atoms with Gasteiger partial charge in [-0.25, -0.2) is 16.8 Å². The quantitative estimate of drug-likeness (QED) is 0.803. The summed E-state index contributed by atoms with van der Waals surface area (Å²) in [5.74, 6) is -0.266. The Morgan fingerprint density at radius 3 is 2.57 bits per heavy atom. The Morgan fingerprint density at radius 1 is 1.09 bits per heavy atom. The summed E-state index contributed by atoms with van der Waals surface area (Å²) in [5.41, 5.74) is 1.75. The van der Waals surface area contributed by atoms with Crippen LogP contribution in [0, 0.1) is 5.82 Å². The van der Waals surface area contributed by atoms with Gasteiger partial charge in [0.05, 0.1) is 5.52 Å².